The van der Waals surface area contributed by atoms with Gasteiger partial charge in [-0.25, -0.2) is 14.7 Å². The van der Waals surface area contributed by atoms with Crippen LogP contribution in [0.15, 0.2) is 42.6 Å². The van der Waals surface area contributed by atoms with Gasteiger partial charge in [-0.15, -0.1) is 0 Å². The highest BCUT2D eigenvalue weighted by Gasteiger charge is 2.37. The summed E-state index contributed by atoms with van der Waals surface area (Å²) in [4.78, 5) is 36.2. The standard InChI is InChI=1S/C20H24N6O2/c1-13-19(24(2)12-11-21-13)25(3)20(28)26-16-9-5-4-7-14(16)18(27)23-15-8-6-10-22-17(15)26/h4-10,13,19,21H,11-12H2,1-3H3,(H,23,27). The van der Waals surface area contributed by atoms with E-state index in [1.807, 2.05) is 13.1 Å². The van der Waals surface area contributed by atoms with E-state index in [9.17, 15) is 9.59 Å². The largest absolute Gasteiger partial charge is 0.331 e. The Kier molecular flexibility index (Phi) is 4.74. The van der Waals surface area contributed by atoms with Crippen molar-refractivity contribution in [2.24, 2.45) is 0 Å². The molecule has 0 aliphatic carbocycles. The number of carbonyl (C=O) groups is 2. The first-order chi connectivity index (χ1) is 13.5. The molecule has 4 rings (SSSR count). The smallest absolute Gasteiger partial charge is 0.319 e. The van der Waals surface area contributed by atoms with Crippen molar-refractivity contribution in [1.82, 2.24) is 20.1 Å². The van der Waals surface area contributed by atoms with Crippen molar-refractivity contribution in [3.63, 3.8) is 0 Å². The van der Waals surface area contributed by atoms with E-state index in [1.165, 1.54) is 4.90 Å². The van der Waals surface area contributed by atoms with Gasteiger partial charge in [-0.3, -0.25) is 9.69 Å². The van der Waals surface area contributed by atoms with Gasteiger partial charge in [-0.05, 0) is 38.2 Å². The van der Waals surface area contributed by atoms with Crippen LogP contribution in [0.3, 0.4) is 0 Å². The average molecular weight is 380 g/mol. The van der Waals surface area contributed by atoms with Gasteiger partial charge < -0.3 is 15.5 Å². The molecule has 2 aromatic rings. The van der Waals surface area contributed by atoms with Crippen LogP contribution in [0.4, 0.5) is 22.0 Å². The molecule has 1 saturated heterocycles. The number of hydrogen-bond acceptors (Lipinski definition) is 5. The van der Waals surface area contributed by atoms with Gasteiger partial charge in [0.2, 0.25) is 0 Å². The van der Waals surface area contributed by atoms with E-state index < -0.39 is 0 Å². The number of pyridine rings is 1. The van der Waals surface area contributed by atoms with Crippen LogP contribution in [0.1, 0.15) is 17.3 Å². The van der Waals surface area contributed by atoms with Crippen LogP contribution in [0.25, 0.3) is 0 Å². The zero-order chi connectivity index (χ0) is 19.8. The molecule has 28 heavy (non-hydrogen) atoms. The highest BCUT2D eigenvalue weighted by molar-refractivity contribution is 6.16. The van der Waals surface area contributed by atoms with Gasteiger partial charge in [0.15, 0.2) is 5.82 Å². The summed E-state index contributed by atoms with van der Waals surface area (Å²) in [6.45, 7) is 3.79. The fraction of sp³-hybridized carbons (Fsp3) is 0.350. The summed E-state index contributed by atoms with van der Waals surface area (Å²) in [5.41, 5.74) is 1.47. The molecule has 1 fully saturated rings. The Morgan fingerprint density at radius 1 is 1.25 bits per heavy atom. The minimum Gasteiger partial charge on any atom is -0.319 e. The summed E-state index contributed by atoms with van der Waals surface area (Å²) in [6.07, 6.45) is 1.50. The zero-order valence-corrected chi connectivity index (χ0v) is 16.2. The molecule has 1 aromatic heterocycles. The number of amides is 3. The molecule has 2 unspecified atom stereocenters. The number of carbonyl (C=O) groups excluding carboxylic acids is 2. The molecule has 2 atom stereocenters. The topological polar surface area (TPSA) is 80.8 Å². The third-order valence-corrected chi connectivity index (χ3v) is 5.36. The first-order valence-corrected chi connectivity index (χ1v) is 9.35. The highest BCUT2D eigenvalue weighted by Crippen LogP contribution is 2.37. The monoisotopic (exact) mass is 380 g/mol. The number of nitrogens with one attached hydrogen (secondary N) is 2. The molecule has 146 valence electrons. The number of nitrogens with zero attached hydrogens (tertiary/aromatic N) is 4. The SMILES string of the molecule is CC1NCCN(C)C1N(C)C(=O)N1c2ccccc2C(=O)Nc2cccnc21. The summed E-state index contributed by atoms with van der Waals surface area (Å²) in [7, 11) is 3.80. The molecular formula is C20H24N6O2. The van der Waals surface area contributed by atoms with Crippen LogP contribution in [0.2, 0.25) is 0 Å². The van der Waals surface area contributed by atoms with Gasteiger partial charge in [0, 0.05) is 32.4 Å². The summed E-state index contributed by atoms with van der Waals surface area (Å²) < 4.78 is 0. The number of piperazine rings is 1. The molecule has 2 N–H and O–H groups in total. The number of hydrogen-bond donors (Lipinski definition) is 2. The molecule has 3 amide bonds. The second kappa shape index (κ2) is 7.21. The van der Waals surface area contributed by atoms with Crippen LogP contribution in [0, 0.1) is 0 Å². The minimum atomic E-state index is -0.257. The zero-order valence-electron chi connectivity index (χ0n) is 16.2. The minimum absolute atomic E-state index is 0.109. The van der Waals surface area contributed by atoms with Crippen molar-refractivity contribution in [2.45, 2.75) is 19.1 Å². The summed E-state index contributed by atoms with van der Waals surface area (Å²) in [5.74, 6) is 0.157. The Hall–Kier alpha value is -2.97. The van der Waals surface area contributed by atoms with Crippen molar-refractivity contribution in [3.8, 4) is 0 Å². The van der Waals surface area contributed by atoms with E-state index in [0.717, 1.165) is 13.1 Å². The molecule has 2 aliphatic heterocycles. The lowest BCUT2D eigenvalue weighted by atomic mass is 10.1. The maximum Gasteiger partial charge on any atom is 0.331 e. The van der Waals surface area contributed by atoms with Crippen LogP contribution >= 0.6 is 0 Å². The molecule has 1 aromatic carbocycles. The van der Waals surface area contributed by atoms with Gasteiger partial charge >= 0.3 is 6.03 Å². The lowest BCUT2D eigenvalue weighted by molar-refractivity contribution is 0.0552. The summed E-state index contributed by atoms with van der Waals surface area (Å²) in [5, 5.41) is 6.29. The van der Waals surface area contributed by atoms with Gasteiger partial charge in [-0.2, -0.15) is 0 Å². The predicted molar refractivity (Wildman–Crippen MR) is 108 cm³/mol. The maximum atomic E-state index is 13.7. The van der Waals surface area contributed by atoms with Gasteiger partial charge in [0.1, 0.15) is 6.17 Å². The van der Waals surface area contributed by atoms with Gasteiger partial charge in [-0.1, -0.05) is 12.1 Å². The average Bonchev–Trinajstić information content (AvgIpc) is 2.81. The van der Waals surface area contributed by atoms with Gasteiger partial charge in [0.25, 0.3) is 5.91 Å². The fourth-order valence-electron chi connectivity index (χ4n) is 4.02. The first-order valence-electron chi connectivity index (χ1n) is 9.35. The molecule has 0 radical (unpaired) electrons. The highest BCUT2D eigenvalue weighted by atomic mass is 16.2. The number of rotatable bonds is 1. The quantitative estimate of drug-likeness (QED) is 0.792. The number of aromatic nitrogens is 1. The van der Waals surface area contributed by atoms with E-state index in [1.54, 1.807) is 48.5 Å². The second-order valence-corrected chi connectivity index (χ2v) is 7.21. The third kappa shape index (κ3) is 3.00. The Balaban J connectivity index is 1.81. The fourth-order valence-corrected chi connectivity index (χ4v) is 4.02. The van der Waals surface area contributed by atoms with Crippen molar-refractivity contribution in [3.05, 3.63) is 48.2 Å². The number of urea groups is 1. The van der Waals surface area contributed by atoms with Crippen LogP contribution in [-0.4, -0.2) is 66.1 Å². The molecule has 3 heterocycles. The summed E-state index contributed by atoms with van der Waals surface area (Å²) >= 11 is 0. The third-order valence-electron chi connectivity index (χ3n) is 5.36. The molecule has 0 spiro atoms. The van der Waals surface area contributed by atoms with E-state index in [4.69, 9.17) is 0 Å². The number of benzene rings is 1. The van der Waals surface area contributed by atoms with E-state index >= 15 is 0 Å². The molecule has 8 nitrogen and oxygen atoms in total. The number of anilines is 3. The van der Waals surface area contributed by atoms with E-state index in [2.05, 4.69) is 27.4 Å². The Bertz CT molecular complexity index is 907. The lowest BCUT2D eigenvalue weighted by Gasteiger charge is -2.44. The van der Waals surface area contributed by atoms with Gasteiger partial charge in [0.05, 0.1) is 16.9 Å². The Morgan fingerprint density at radius 2 is 2.04 bits per heavy atom. The Morgan fingerprint density at radius 3 is 2.82 bits per heavy atom. The van der Waals surface area contributed by atoms with Crippen molar-refractivity contribution >= 4 is 29.1 Å². The van der Waals surface area contributed by atoms with Crippen molar-refractivity contribution < 1.29 is 9.59 Å². The first kappa shape index (κ1) is 18.4. The van der Waals surface area contributed by atoms with Crippen molar-refractivity contribution in [1.29, 1.82) is 0 Å². The van der Waals surface area contributed by atoms with E-state index in [0.29, 0.717) is 22.8 Å². The molecular weight excluding hydrogens is 356 g/mol. The summed E-state index contributed by atoms with van der Waals surface area (Å²) in [6, 6.07) is 10.5. The number of fused-ring (bicyclic) bond motifs is 2. The molecule has 0 bridgehead atoms. The van der Waals surface area contributed by atoms with Crippen LogP contribution in [-0.2, 0) is 0 Å². The molecule has 8 heteroatoms. The van der Waals surface area contributed by atoms with E-state index in [-0.39, 0.29) is 24.1 Å². The number of para-hydroxylation sites is 1. The Labute approximate surface area is 164 Å². The molecule has 2 aliphatic rings. The maximum absolute atomic E-state index is 13.7. The number of likely N-dealkylation sites (N-methyl/N-ethyl adjacent to an activating group) is 2. The predicted octanol–water partition coefficient (Wildman–Crippen LogP) is 2.09. The van der Waals surface area contributed by atoms with Crippen molar-refractivity contribution in [2.75, 3.05) is 37.4 Å². The second-order valence-electron chi connectivity index (χ2n) is 7.21. The lowest BCUT2D eigenvalue weighted by Crippen LogP contribution is -2.63. The molecule has 0 saturated carbocycles. The van der Waals surface area contributed by atoms with Crippen LogP contribution in [0.5, 0.6) is 0 Å². The normalized spacial score (nSPS) is 22.0. The van der Waals surface area contributed by atoms with Crippen LogP contribution < -0.4 is 15.5 Å².